The summed E-state index contributed by atoms with van der Waals surface area (Å²) in [6, 6.07) is 9.28. The first-order valence-corrected chi connectivity index (χ1v) is 7.56. The summed E-state index contributed by atoms with van der Waals surface area (Å²) in [5, 5.41) is 4.74. The van der Waals surface area contributed by atoms with Crippen LogP contribution in [0.3, 0.4) is 0 Å². The lowest BCUT2D eigenvalue weighted by Gasteiger charge is -2.33. The number of nitrogens with zero attached hydrogens (tertiary/aromatic N) is 3. The van der Waals surface area contributed by atoms with E-state index in [9.17, 15) is 4.79 Å². The summed E-state index contributed by atoms with van der Waals surface area (Å²) in [5.41, 5.74) is 1.77. The molecule has 21 heavy (non-hydrogen) atoms. The summed E-state index contributed by atoms with van der Waals surface area (Å²) in [6.45, 7) is 1.52. The summed E-state index contributed by atoms with van der Waals surface area (Å²) < 4.78 is 1.90. The van der Waals surface area contributed by atoms with E-state index < -0.39 is 0 Å². The molecule has 4 nitrogen and oxygen atoms in total. The number of carbonyl (C=O) groups excluding carboxylic acids is 1. The number of benzene rings is 1. The molecule has 1 aromatic heterocycles. The predicted molar refractivity (Wildman–Crippen MR) is 82.5 cm³/mol. The van der Waals surface area contributed by atoms with Crippen LogP contribution in [0, 0.1) is 0 Å². The van der Waals surface area contributed by atoms with Crippen LogP contribution in [-0.2, 0) is 7.05 Å². The fraction of sp³-hybridized carbons (Fsp3) is 0.375. The molecule has 0 radical (unpaired) electrons. The molecule has 2 aromatic rings. The highest BCUT2D eigenvalue weighted by molar-refractivity contribution is 6.33. The molecule has 1 aliphatic rings. The molecule has 0 bridgehead atoms. The van der Waals surface area contributed by atoms with Crippen LogP contribution in [0.1, 0.15) is 34.8 Å². The Morgan fingerprint density at radius 3 is 2.86 bits per heavy atom. The van der Waals surface area contributed by atoms with Gasteiger partial charge in [0.2, 0.25) is 0 Å². The van der Waals surface area contributed by atoms with Crippen LogP contribution in [0.2, 0.25) is 5.02 Å². The molecular formula is C16H18ClN3O. The quantitative estimate of drug-likeness (QED) is 0.855. The fourth-order valence-corrected chi connectivity index (χ4v) is 3.21. The maximum atomic E-state index is 12.6. The number of likely N-dealkylation sites (tertiary alicyclic amines) is 1. The van der Waals surface area contributed by atoms with Gasteiger partial charge in [-0.25, -0.2) is 0 Å². The third-order valence-corrected chi connectivity index (χ3v) is 4.42. The summed E-state index contributed by atoms with van der Waals surface area (Å²) in [4.78, 5) is 14.5. The molecular weight excluding hydrogens is 286 g/mol. The number of hydrogen-bond acceptors (Lipinski definition) is 2. The van der Waals surface area contributed by atoms with Gasteiger partial charge in [-0.2, -0.15) is 5.10 Å². The van der Waals surface area contributed by atoms with Gasteiger partial charge in [0.05, 0.1) is 10.6 Å². The maximum absolute atomic E-state index is 12.6. The largest absolute Gasteiger partial charge is 0.338 e. The van der Waals surface area contributed by atoms with Crippen molar-refractivity contribution in [3.05, 3.63) is 52.8 Å². The number of amides is 1. The number of aromatic nitrogens is 2. The third-order valence-electron chi connectivity index (χ3n) is 4.09. The zero-order chi connectivity index (χ0) is 14.8. The molecule has 0 aliphatic carbocycles. The van der Waals surface area contributed by atoms with E-state index in [0.717, 1.165) is 25.9 Å². The first kappa shape index (κ1) is 14.1. The second-order valence-electron chi connectivity index (χ2n) is 5.45. The van der Waals surface area contributed by atoms with Crippen molar-refractivity contribution in [2.75, 3.05) is 13.1 Å². The number of aryl methyl sites for hydroxylation is 1. The number of piperidine rings is 1. The van der Waals surface area contributed by atoms with Gasteiger partial charge in [0.25, 0.3) is 5.91 Å². The minimum Gasteiger partial charge on any atom is -0.338 e. The normalized spacial score (nSPS) is 18.8. The van der Waals surface area contributed by atoms with Crippen LogP contribution < -0.4 is 0 Å². The minimum atomic E-state index is 0.0208. The maximum Gasteiger partial charge on any atom is 0.255 e. The SMILES string of the molecule is Cn1nccc1C1CCCN(C(=O)c2ccccc2Cl)C1. The van der Waals surface area contributed by atoms with Crippen molar-refractivity contribution in [1.29, 1.82) is 0 Å². The molecule has 0 spiro atoms. The van der Waals surface area contributed by atoms with Crippen molar-refractivity contribution >= 4 is 17.5 Å². The van der Waals surface area contributed by atoms with Crippen LogP contribution in [0.25, 0.3) is 0 Å². The van der Waals surface area contributed by atoms with Crippen LogP contribution >= 0.6 is 11.6 Å². The highest BCUT2D eigenvalue weighted by Gasteiger charge is 2.27. The molecule has 3 rings (SSSR count). The molecule has 1 amide bonds. The Morgan fingerprint density at radius 1 is 1.33 bits per heavy atom. The highest BCUT2D eigenvalue weighted by Crippen LogP contribution is 2.28. The predicted octanol–water partition coefficient (Wildman–Crippen LogP) is 3.09. The van der Waals surface area contributed by atoms with Gasteiger partial charge < -0.3 is 4.90 Å². The number of halogens is 1. The lowest BCUT2D eigenvalue weighted by atomic mass is 9.94. The number of hydrogen-bond donors (Lipinski definition) is 0. The van der Waals surface area contributed by atoms with Crippen molar-refractivity contribution in [3.63, 3.8) is 0 Å². The molecule has 0 N–H and O–H groups in total. The summed E-state index contributed by atoms with van der Waals surface area (Å²) >= 11 is 6.14. The van der Waals surface area contributed by atoms with Gasteiger partial charge in [0, 0.05) is 37.9 Å². The first-order valence-electron chi connectivity index (χ1n) is 7.18. The van der Waals surface area contributed by atoms with Crippen LogP contribution in [0.4, 0.5) is 0 Å². The van der Waals surface area contributed by atoms with E-state index in [4.69, 9.17) is 11.6 Å². The lowest BCUT2D eigenvalue weighted by molar-refractivity contribution is 0.0704. The van der Waals surface area contributed by atoms with Gasteiger partial charge in [-0.05, 0) is 31.0 Å². The van der Waals surface area contributed by atoms with E-state index in [1.807, 2.05) is 41.0 Å². The molecule has 2 heterocycles. The van der Waals surface area contributed by atoms with Gasteiger partial charge in [0.15, 0.2) is 0 Å². The van der Waals surface area contributed by atoms with Crippen molar-refractivity contribution in [2.45, 2.75) is 18.8 Å². The van der Waals surface area contributed by atoms with Crippen LogP contribution in [0.5, 0.6) is 0 Å². The molecule has 5 heteroatoms. The molecule has 1 unspecified atom stereocenters. The van der Waals surface area contributed by atoms with Gasteiger partial charge in [-0.3, -0.25) is 9.48 Å². The molecule has 110 valence electrons. The van der Waals surface area contributed by atoms with E-state index in [1.165, 1.54) is 5.69 Å². The molecule has 1 aromatic carbocycles. The van der Waals surface area contributed by atoms with Crippen molar-refractivity contribution in [3.8, 4) is 0 Å². The molecule has 1 aliphatic heterocycles. The van der Waals surface area contributed by atoms with E-state index in [0.29, 0.717) is 16.5 Å². The van der Waals surface area contributed by atoms with E-state index in [-0.39, 0.29) is 5.91 Å². The van der Waals surface area contributed by atoms with Crippen LogP contribution in [-0.4, -0.2) is 33.7 Å². The average molecular weight is 304 g/mol. The van der Waals surface area contributed by atoms with E-state index in [2.05, 4.69) is 5.10 Å². The Hall–Kier alpha value is -1.81. The second kappa shape index (κ2) is 5.90. The van der Waals surface area contributed by atoms with Gasteiger partial charge in [-0.15, -0.1) is 0 Å². The zero-order valence-electron chi connectivity index (χ0n) is 12.0. The molecule has 0 saturated carbocycles. The Kier molecular flexibility index (Phi) is 3.97. The Morgan fingerprint density at radius 2 is 2.14 bits per heavy atom. The van der Waals surface area contributed by atoms with E-state index in [1.54, 1.807) is 12.1 Å². The van der Waals surface area contributed by atoms with E-state index >= 15 is 0 Å². The summed E-state index contributed by atoms with van der Waals surface area (Å²) in [6.07, 6.45) is 3.90. The summed E-state index contributed by atoms with van der Waals surface area (Å²) in [5.74, 6) is 0.366. The molecule has 1 atom stereocenters. The standard InChI is InChI=1S/C16H18ClN3O/c1-19-15(8-9-18-19)12-5-4-10-20(11-12)16(21)13-6-2-3-7-14(13)17/h2-3,6-9,12H,4-5,10-11H2,1H3. The van der Waals surface area contributed by atoms with Crippen LogP contribution in [0.15, 0.2) is 36.5 Å². The van der Waals surface area contributed by atoms with Crippen molar-refractivity contribution < 1.29 is 4.79 Å². The Bertz CT molecular complexity index is 652. The topological polar surface area (TPSA) is 38.1 Å². The second-order valence-corrected chi connectivity index (χ2v) is 5.86. The van der Waals surface area contributed by atoms with Crippen molar-refractivity contribution in [1.82, 2.24) is 14.7 Å². The van der Waals surface area contributed by atoms with Crippen molar-refractivity contribution in [2.24, 2.45) is 7.05 Å². The Labute approximate surface area is 129 Å². The summed E-state index contributed by atoms with van der Waals surface area (Å²) in [7, 11) is 1.95. The Balaban J connectivity index is 1.79. The fourth-order valence-electron chi connectivity index (χ4n) is 2.99. The number of rotatable bonds is 2. The zero-order valence-corrected chi connectivity index (χ0v) is 12.8. The minimum absolute atomic E-state index is 0.0208. The first-order chi connectivity index (χ1) is 10.2. The lowest BCUT2D eigenvalue weighted by Crippen LogP contribution is -2.39. The number of carbonyl (C=O) groups is 1. The molecule has 1 saturated heterocycles. The average Bonchev–Trinajstić information content (AvgIpc) is 2.93. The van der Waals surface area contributed by atoms with Gasteiger partial charge in [-0.1, -0.05) is 23.7 Å². The van der Waals surface area contributed by atoms with Gasteiger partial charge in [0.1, 0.15) is 0 Å². The smallest absolute Gasteiger partial charge is 0.255 e. The van der Waals surface area contributed by atoms with Gasteiger partial charge >= 0.3 is 0 Å². The highest BCUT2D eigenvalue weighted by atomic mass is 35.5. The third kappa shape index (κ3) is 2.81. The molecule has 1 fully saturated rings. The monoisotopic (exact) mass is 303 g/mol.